The molecule has 0 spiro atoms. The molecule has 310 valence electrons. The summed E-state index contributed by atoms with van der Waals surface area (Å²) in [5.74, 6) is -2.67. The lowest BCUT2D eigenvalue weighted by atomic mass is 9.94. The third kappa shape index (κ3) is 12.6. The zero-order valence-electron chi connectivity index (χ0n) is 32.0. The average Bonchev–Trinajstić information content (AvgIpc) is 3.18. The predicted molar refractivity (Wildman–Crippen MR) is 193 cm³/mol. The Bertz CT molecular complexity index is 1670. The molecular weight excluding hydrogens is 752 g/mol. The SMILES string of the molecule is CC(=O)N[C@H]1[C@H](OCCOCCN=[N+]=[N-])O[C@H](COCc2ccccc2)[C@@H](O[C@@H]2O[C@@H]3COC(c4ccccc4)O[C@@H]3[C@H](OC(C)=O)[C@H]2OC(C)=O)[C@@H]1OC(C)=O. The molecule has 3 aliphatic rings. The molecule has 1 N–H and O–H groups in total. The topological polar surface area (TPSA) is 231 Å². The van der Waals surface area contributed by atoms with Gasteiger partial charge >= 0.3 is 17.9 Å². The quantitative estimate of drug-likeness (QED) is 0.0571. The molecular formula is C38H48N4O15. The molecule has 0 aromatic heterocycles. The lowest BCUT2D eigenvalue weighted by Gasteiger charge is -2.50. The Hall–Kier alpha value is -4.69. The van der Waals surface area contributed by atoms with Crippen molar-refractivity contribution in [1.29, 1.82) is 0 Å². The first-order chi connectivity index (χ1) is 27.5. The first-order valence-electron chi connectivity index (χ1n) is 18.4. The smallest absolute Gasteiger partial charge is 0.303 e. The molecule has 19 heteroatoms. The lowest BCUT2D eigenvalue weighted by Crippen LogP contribution is -2.69. The highest BCUT2D eigenvalue weighted by Gasteiger charge is 2.57. The van der Waals surface area contributed by atoms with Gasteiger partial charge in [0, 0.05) is 44.7 Å². The number of nitrogens with zero attached hydrogens (tertiary/aromatic N) is 3. The van der Waals surface area contributed by atoms with Crippen LogP contribution >= 0.6 is 0 Å². The zero-order valence-corrected chi connectivity index (χ0v) is 32.0. The van der Waals surface area contributed by atoms with Crippen molar-refractivity contribution in [2.45, 2.75) is 102 Å². The maximum absolute atomic E-state index is 12.7. The molecule has 3 fully saturated rings. The van der Waals surface area contributed by atoms with E-state index in [-0.39, 0.29) is 46.2 Å². The van der Waals surface area contributed by atoms with E-state index in [1.807, 2.05) is 60.7 Å². The number of benzene rings is 2. The number of amides is 1. The van der Waals surface area contributed by atoms with Gasteiger partial charge in [-0.15, -0.1) is 0 Å². The van der Waals surface area contributed by atoms with Gasteiger partial charge in [0.25, 0.3) is 0 Å². The molecule has 3 saturated heterocycles. The normalized spacial score (nSPS) is 29.5. The Morgan fingerprint density at radius 1 is 0.772 bits per heavy atom. The monoisotopic (exact) mass is 800 g/mol. The number of hydrogen-bond acceptors (Lipinski definition) is 16. The minimum Gasteiger partial charge on any atom is -0.457 e. The van der Waals surface area contributed by atoms with Crippen molar-refractivity contribution < 1.29 is 71.3 Å². The Morgan fingerprint density at radius 2 is 1.44 bits per heavy atom. The number of carbonyl (C=O) groups excluding carboxylic acids is 4. The van der Waals surface area contributed by atoms with Gasteiger partial charge in [-0.2, -0.15) is 0 Å². The van der Waals surface area contributed by atoms with Gasteiger partial charge in [-0.05, 0) is 11.1 Å². The van der Waals surface area contributed by atoms with E-state index in [0.29, 0.717) is 5.56 Å². The molecule has 3 heterocycles. The highest BCUT2D eigenvalue weighted by Crippen LogP contribution is 2.39. The summed E-state index contributed by atoms with van der Waals surface area (Å²) in [6, 6.07) is 17.3. The number of hydrogen-bond donors (Lipinski definition) is 1. The first-order valence-corrected chi connectivity index (χ1v) is 18.4. The van der Waals surface area contributed by atoms with E-state index >= 15 is 0 Å². The second-order valence-corrected chi connectivity index (χ2v) is 13.3. The highest BCUT2D eigenvalue weighted by molar-refractivity contribution is 5.73. The van der Waals surface area contributed by atoms with Crippen LogP contribution in [-0.2, 0) is 77.9 Å². The van der Waals surface area contributed by atoms with Gasteiger partial charge in [0.1, 0.15) is 30.5 Å². The van der Waals surface area contributed by atoms with Crippen LogP contribution in [0.25, 0.3) is 10.4 Å². The summed E-state index contributed by atoms with van der Waals surface area (Å²) in [5, 5.41) is 6.18. The van der Waals surface area contributed by atoms with Crippen molar-refractivity contribution in [3.05, 3.63) is 82.2 Å². The zero-order chi connectivity index (χ0) is 40.7. The van der Waals surface area contributed by atoms with Crippen LogP contribution in [-0.4, -0.2) is 125 Å². The second kappa shape index (κ2) is 21.7. The molecule has 1 unspecified atom stereocenters. The number of carbonyl (C=O) groups is 4. The third-order valence-electron chi connectivity index (χ3n) is 8.87. The molecule has 0 saturated carbocycles. The molecule has 2 aromatic rings. The van der Waals surface area contributed by atoms with Crippen LogP contribution in [0.2, 0.25) is 0 Å². The molecule has 0 bridgehead atoms. The average molecular weight is 801 g/mol. The van der Waals surface area contributed by atoms with E-state index in [1.54, 1.807) is 0 Å². The van der Waals surface area contributed by atoms with Crippen LogP contribution in [0.1, 0.15) is 45.1 Å². The summed E-state index contributed by atoms with van der Waals surface area (Å²) < 4.78 is 66.8. The van der Waals surface area contributed by atoms with Crippen LogP contribution in [0.5, 0.6) is 0 Å². The number of ether oxygens (including phenoxy) is 11. The first kappa shape index (κ1) is 43.4. The van der Waals surface area contributed by atoms with E-state index in [1.165, 1.54) is 27.7 Å². The fourth-order valence-electron chi connectivity index (χ4n) is 6.64. The van der Waals surface area contributed by atoms with Crippen LogP contribution in [0.3, 0.4) is 0 Å². The van der Waals surface area contributed by atoms with Crippen LogP contribution < -0.4 is 5.32 Å². The number of rotatable bonds is 18. The van der Waals surface area contributed by atoms with Crippen LogP contribution in [0.4, 0.5) is 0 Å². The van der Waals surface area contributed by atoms with Gasteiger partial charge in [-0.3, -0.25) is 19.2 Å². The molecule has 11 atom stereocenters. The molecule has 0 aliphatic carbocycles. The Morgan fingerprint density at radius 3 is 2.11 bits per heavy atom. The lowest BCUT2D eigenvalue weighted by molar-refractivity contribution is -0.382. The maximum Gasteiger partial charge on any atom is 0.303 e. The fraction of sp³-hybridized carbons (Fsp3) is 0.579. The Kier molecular flexibility index (Phi) is 16.6. The van der Waals surface area contributed by atoms with Gasteiger partial charge in [0.05, 0.1) is 39.6 Å². The third-order valence-corrected chi connectivity index (χ3v) is 8.87. The van der Waals surface area contributed by atoms with Crippen molar-refractivity contribution in [3.63, 3.8) is 0 Å². The number of esters is 3. The van der Waals surface area contributed by atoms with E-state index < -0.39 is 91.5 Å². The minimum absolute atomic E-state index is 0.0374. The maximum atomic E-state index is 12.7. The van der Waals surface area contributed by atoms with E-state index in [9.17, 15) is 19.2 Å². The van der Waals surface area contributed by atoms with E-state index in [2.05, 4.69) is 15.3 Å². The van der Waals surface area contributed by atoms with Gasteiger partial charge < -0.3 is 57.4 Å². The summed E-state index contributed by atoms with van der Waals surface area (Å²) in [7, 11) is 0. The molecule has 5 rings (SSSR count). The Labute approximate surface area is 329 Å². The summed E-state index contributed by atoms with van der Waals surface area (Å²) in [5.41, 5.74) is 10.1. The minimum atomic E-state index is -1.50. The molecule has 19 nitrogen and oxygen atoms in total. The molecule has 57 heavy (non-hydrogen) atoms. The molecule has 1 amide bonds. The summed E-state index contributed by atoms with van der Waals surface area (Å²) in [6.07, 6.45) is -11.8. The molecule has 0 radical (unpaired) electrons. The molecule has 2 aromatic carbocycles. The van der Waals surface area contributed by atoms with Gasteiger partial charge in [-0.1, -0.05) is 65.8 Å². The second-order valence-electron chi connectivity index (χ2n) is 13.3. The van der Waals surface area contributed by atoms with Crippen LogP contribution in [0, 0.1) is 0 Å². The Balaban J connectivity index is 1.46. The number of fused-ring (bicyclic) bond motifs is 1. The van der Waals surface area contributed by atoms with E-state index in [4.69, 9.17) is 57.6 Å². The van der Waals surface area contributed by atoms with E-state index in [0.717, 1.165) is 5.56 Å². The van der Waals surface area contributed by atoms with Crippen molar-refractivity contribution in [2.75, 3.05) is 39.6 Å². The number of azide groups is 1. The predicted octanol–water partition coefficient (Wildman–Crippen LogP) is 2.80. The van der Waals surface area contributed by atoms with Crippen molar-refractivity contribution in [1.82, 2.24) is 5.32 Å². The van der Waals surface area contributed by atoms with Gasteiger partial charge in [-0.25, -0.2) is 0 Å². The van der Waals surface area contributed by atoms with Crippen LogP contribution in [0.15, 0.2) is 65.8 Å². The number of nitrogens with one attached hydrogen (secondary N) is 1. The standard InChI is InChI=1S/C38H48N4O15/c1-22(43)41-30-33(51-23(2)44)31(28(20-48-19-26-11-7-5-8-12-26)54-37(30)49-18-17-47-16-15-40-42-39)57-38-35(53-25(4)46)34(52-24(3)45)32-29(55-38)21-50-36(56-32)27-13-9-6-10-14-27/h5-14,28-38H,15-21H2,1-4H3,(H,41,43)/t28-,29-,30-,31-,32+,33-,34+,35-,36?,37-,38+/m1/s1. The van der Waals surface area contributed by atoms with Crippen molar-refractivity contribution in [2.24, 2.45) is 5.11 Å². The largest absolute Gasteiger partial charge is 0.457 e. The molecule has 3 aliphatic heterocycles. The summed E-state index contributed by atoms with van der Waals surface area (Å²) >= 11 is 0. The van der Waals surface area contributed by atoms with Crippen molar-refractivity contribution in [3.8, 4) is 0 Å². The fourth-order valence-corrected chi connectivity index (χ4v) is 6.64. The summed E-state index contributed by atoms with van der Waals surface area (Å²) in [4.78, 5) is 53.3. The van der Waals surface area contributed by atoms with Gasteiger partial charge in [0.2, 0.25) is 5.91 Å². The van der Waals surface area contributed by atoms with Gasteiger partial charge in [0.15, 0.2) is 37.2 Å². The highest BCUT2D eigenvalue weighted by atomic mass is 16.8. The van der Waals surface area contributed by atoms with Crippen molar-refractivity contribution >= 4 is 23.8 Å². The summed E-state index contributed by atoms with van der Waals surface area (Å²) in [6.45, 7) is 5.08.